The third kappa shape index (κ3) is 2.65. The minimum absolute atomic E-state index is 0. The highest BCUT2D eigenvalue weighted by Crippen LogP contribution is 2.28. The zero-order chi connectivity index (χ0) is 9.19. The Hall–Kier alpha value is -0.650. The fraction of sp³-hybridized carbons (Fsp3) is 0.429. The average Bonchev–Trinajstić information content (AvgIpc) is 2.55. The summed E-state index contributed by atoms with van der Waals surface area (Å²) in [5.74, 6) is -3.30. The normalized spacial score (nSPS) is 13.5. The monoisotopic (exact) mass is 213 g/mol. The van der Waals surface area contributed by atoms with Crippen LogP contribution in [-0.2, 0) is 0 Å². The molecule has 0 aliphatic rings. The molecule has 76 valence electrons. The number of furan rings is 1. The van der Waals surface area contributed by atoms with Crippen LogP contribution < -0.4 is 5.73 Å². The van der Waals surface area contributed by atoms with E-state index in [1.807, 2.05) is 0 Å². The second-order valence-corrected chi connectivity index (χ2v) is 2.45. The molecule has 1 aromatic rings. The smallest absolute Gasteiger partial charge is 0.289 e. The van der Waals surface area contributed by atoms with Crippen molar-refractivity contribution >= 4 is 12.4 Å². The van der Waals surface area contributed by atoms with Crippen molar-refractivity contribution < 1.29 is 18.3 Å². The lowest BCUT2D eigenvalue weighted by molar-refractivity contribution is -0.0712. The molecule has 6 heteroatoms. The Morgan fingerprint density at radius 1 is 1.62 bits per heavy atom. The molecule has 13 heavy (non-hydrogen) atoms. The number of aliphatic hydroxyl groups is 1. The van der Waals surface area contributed by atoms with Gasteiger partial charge in [0.15, 0.2) is 0 Å². The molecule has 0 aromatic carbocycles. The van der Waals surface area contributed by atoms with Gasteiger partial charge in [-0.1, -0.05) is 0 Å². The van der Waals surface area contributed by atoms with Crippen LogP contribution in [0, 0.1) is 0 Å². The quantitative estimate of drug-likeness (QED) is 0.797. The molecule has 1 aromatic heterocycles. The van der Waals surface area contributed by atoms with Gasteiger partial charge in [-0.15, -0.1) is 12.4 Å². The van der Waals surface area contributed by atoms with Crippen molar-refractivity contribution in [1.82, 2.24) is 0 Å². The van der Waals surface area contributed by atoms with E-state index in [0.29, 0.717) is 0 Å². The predicted molar refractivity (Wildman–Crippen MR) is 44.9 cm³/mol. The molecule has 0 saturated carbocycles. The van der Waals surface area contributed by atoms with Gasteiger partial charge in [-0.25, -0.2) is 8.78 Å². The van der Waals surface area contributed by atoms with Gasteiger partial charge >= 0.3 is 0 Å². The Bertz CT molecular complexity index is 241. The van der Waals surface area contributed by atoms with Gasteiger partial charge in [0.1, 0.15) is 6.61 Å². The minimum atomic E-state index is -3.30. The molecule has 0 aliphatic heterocycles. The summed E-state index contributed by atoms with van der Waals surface area (Å²) in [6.45, 7) is -1.26. The van der Waals surface area contributed by atoms with Gasteiger partial charge < -0.3 is 15.3 Å². The summed E-state index contributed by atoms with van der Waals surface area (Å²) in [6, 6.07) is -0.171. The van der Waals surface area contributed by atoms with Gasteiger partial charge in [0.05, 0.1) is 18.6 Å². The maximum absolute atomic E-state index is 12.7. The molecule has 0 bridgehead atoms. The molecule has 0 aliphatic carbocycles. The lowest BCUT2D eigenvalue weighted by Gasteiger charge is -2.19. The lowest BCUT2D eigenvalue weighted by Crippen LogP contribution is -2.35. The van der Waals surface area contributed by atoms with Crippen LogP contribution in [0.1, 0.15) is 11.6 Å². The van der Waals surface area contributed by atoms with Crippen LogP contribution in [0.25, 0.3) is 0 Å². The number of nitrogens with two attached hydrogens (primary N) is 1. The van der Waals surface area contributed by atoms with Crippen molar-refractivity contribution in [2.75, 3.05) is 6.61 Å². The molecule has 0 unspecified atom stereocenters. The standard InChI is InChI=1S/C7H9F2NO2.ClH/c8-7(9,4-11)6(10)5-1-2-12-3-5;/h1-3,6,11H,4,10H2;1H/t6-;/m1./s1. The number of halogens is 3. The second kappa shape index (κ2) is 4.55. The first-order valence-corrected chi connectivity index (χ1v) is 3.34. The van der Waals surface area contributed by atoms with Gasteiger partial charge in [-0.3, -0.25) is 0 Å². The Kier molecular flexibility index (Phi) is 4.32. The highest BCUT2D eigenvalue weighted by Gasteiger charge is 2.37. The van der Waals surface area contributed by atoms with E-state index in [2.05, 4.69) is 4.42 Å². The van der Waals surface area contributed by atoms with E-state index >= 15 is 0 Å². The Balaban J connectivity index is 0.00000144. The summed E-state index contributed by atoms with van der Waals surface area (Å²) < 4.78 is 30.0. The number of alkyl halides is 2. The summed E-state index contributed by atoms with van der Waals surface area (Å²) in [7, 11) is 0. The number of aliphatic hydroxyl groups excluding tert-OH is 1. The van der Waals surface area contributed by atoms with E-state index in [1.165, 1.54) is 12.3 Å². The molecule has 3 N–H and O–H groups in total. The van der Waals surface area contributed by atoms with Crippen molar-refractivity contribution in [3.8, 4) is 0 Å². The Morgan fingerprint density at radius 2 is 2.23 bits per heavy atom. The van der Waals surface area contributed by atoms with Crippen LogP contribution in [0.3, 0.4) is 0 Å². The SMILES string of the molecule is Cl.N[C@H](c1ccoc1)C(F)(F)CO. The molecule has 0 saturated heterocycles. The van der Waals surface area contributed by atoms with E-state index in [-0.39, 0.29) is 18.0 Å². The van der Waals surface area contributed by atoms with Crippen molar-refractivity contribution in [2.45, 2.75) is 12.0 Å². The fourth-order valence-electron chi connectivity index (χ4n) is 0.794. The molecule has 3 nitrogen and oxygen atoms in total. The van der Waals surface area contributed by atoms with Crippen molar-refractivity contribution in [3.63, 3.8) is 0 Å². The average molecular weight is 214 g/mol. The van der Waals surface area contributed by atoms with Gasteiger partial charge in [-0.05, 0) is 6.07 Å². The molecule has 1 atom stereocenters. The number of rotatable bonds is 3. The molecule has 0 fully saturated rings. The minimum Gasteiger partial charge on any atom is -0.472 e. The summed E-state index contributed by atoms with van der Waals surface area (Å²) in [5.41, 5.74) is 5.33. The molecular formula is C7H10ClF2NO2. The van der Waals surface area contributed by atoms with E-state index in [9.17, 15) is 8.78 Å². The fourth-order valence-corrected chi connectivity index (χ4v) is 0.794. The summed E-state index contributed by atoms with van der Waals surface area (Å²) in [5, 5.41) is 8.30. The Morgan fingerprint density at radius 3 is 2.62 bits per heavy atom. The predicted octanol–water partition coefficient (Wildman–Crippen LogP) is 1.33. The molecular weight excluding hydrogens is 204 g/mol. The van der Waals surface area contributed by atoms with Gasteiger partial charge in [0.25, 0.3) is 5.92 Å². The van der Waals surface area contributed by atoms with Gasteiger partial charge in [-0.2, -0.15) is 0 Å². The number of hydrogen-bond acceptors (Lipinski definition) is 3. The van der Waals surface area contributed by atoms with Gasteiger partial charge in [0, 0.05) is 5.56 Å². The lowest BCUT2D eigenvalue weighted by atomic mass is 10.1. The topological polar surface area (TPSA) is 59.4 Å². The van der Waals surface area contributed by atoms with Crippen LogP contribution in [0.4, 0.5) is 8.78 Å². The Labute approximate surface area is 79.9 Å². The maximum atomic E-state index is 12.7. The third-order valence-corrected chi connectivity index (χ3v) is 1.57. The molecule has 0 spiro atoms. The van der Waals surface area contributed by atoms with Crippen LogP contribution >= 0.6 is 12.4 Å². The first-order chi connectivity index (χ1) is 5.58. The van der Waals surface area contributed by atoms with E-state index in [4.69, 9.17) is 10.8 Å². The zero-order valence-electron chi connectivity index (χ0n) is 6.61. The largest absolute Gasteiger partial charge is 0.472 e. The second-order valence-electron chi connectivity index (χ2n) is 2.45. The highest BCUT2D eigenvalue weighted by molar-refractivity contribution is 5.85. The maximum Gasteiger partial charge on any atom is 0.289 e. The van der Waals surface area contributed by atoms with E-state index in [1.54, 1.807) is 0 Å². The third-order valence-electron chi connectivity index (χ3n) is 1.57. The van der Waals surface area contributed by atoms with Gasteiger partial charge in [0.2, 0.25) is 0 Å². The molecule has 1 rings (SSSR count). The first-order valence-electron chi connectivity index (χ1n) is 3.34. The highest BCUT2D eigenvalue weighted by atomic mass is 35.5. The summed E-state index contributed by atoms with van der Waals surface area (Å²) >= 11 is 0. The van der Waals surface area contributed by atoms with E-state index < -0.39 is 18.6 Å². The number of hydrogen-bond donors (Lipinski definition) is 2. The summed E-state index contributed by atoms with van der Waals surface area (Å²) in [4.78, 5) is 0. The van der Waals surface area contributed by atoms with E-state index in [0.717, 1.165) is 6.26 Å². The van der Waals surface area contributed by atoms with Crippen molar-refractivity contribution in [2.24, 2.45) is 5.73 Å². The molecule has 1 heterocycles. The molecule has 0 radical (unpaired) electrons. The summed E-state index contributed by atoms with van der Waals surface area (Å²) in [6.07, 6.45) is 2.39. The van der Waals surface area contributed by atoms with Crippen molar-refractivity contribution in [3.05, 3.63) is 24.2 Å². The zero-order valence-corrected chi connectivity index (χ0v) is 7.43. The first kappa shape index (κ1) is 12.3. The van der Waals surface area contributed by atoms with Crippen LogP contribution in [0.2, 0.25) is 0 Å². The van der Waals surface area contributed by atoms with Crippen molar-refractivity contribution in [1.29, 1.82) is 0 Å². The van der Waals surface area contributed by atoms with Crippen LogP contribution in [0.5, 0.6) is 0 Å². The van der Waals surface area contributed by atoms with Crippen LogP contribution in [-0.4, -0.2) is 17.6 Å². The molecule has 0 amide bonds. The van der Waals surface area contributed by atoms with Crippen LogP contribution in [0.15, 0.2) is 23.0 Å².